The summed E-state index contributed by atoms with van der Waals surface area (Å²) in [6, 6.07) is 0. The lowest BCUT2D eigenvalue weighted by Gasteiger charge is -2.41. The van der Waals surface area contributed by atoms with Crippen molar-refractivity contribution in [3.63, 3.8) is 0 Å². The predicted molar refractivity (Wildman–Crippen MR) is 55.1 cm³/mol. The average molecular weight is 250 g/mol. The molecule has 5 N–H and O–H groups in total. The second-order valence-corrected chi connectivity index (χ2v) is 4.06. The van der Waals surface area contributed by atoms with Crippen LogP contribution in [-0.2, 0) is 9.53 Å². The van der Waals surface area contributed by atoms with Crippen molar-refractivity contribution in [1.29, 1.82) is 0 Å². The number of carbonyl (C=O) groups is 1. The highest BCUT2D eigenvalue weighted by molar-refractivity contribution is 5.83. The molecular formula is C10H18O7. The van der Waals surface area contributed by atoms with Crippen molar-refractivity contribution in [2.24, 2.45) is 0 Å². The van der Waals surface area contributed by atoms with Crippen LogP contribution in [0.2, 0.25) is 0 Å². The molecule has 1 fully saturated rings. The van der Waals surface area contributed by atoms with Crippen LogP contribution in [0.15, 0.2) is 0 Å². The van der Waals surface area contributed by atoms with Gasteiger partial charge in [0.2, 0.25) is 0 Å². The summed E-state index contributed by atoms with van der Waals surface area (Å²) in [5.74, 6) is -0.547. The van der Waals surface area contributed by atoms with Gasteiger partial charge in [0.05, 0.1) is 6.61 Å². The number of ketones is 1. The van der Waals surface area contributed by atoms with Crippen LogP contribution in [0.4, 0.5) is 0 Å². The SMILES string of the molecule is CCC(=O)C(O)C1O[C@H](CO)[C@H](O)[C@H](O)[C@H]1O. The molecule has 0 aromatic heterocycles. The first-order valence-corrected chi connectivity index (χ1v) is 5.45. The Morgan fingerprint density at radius 2 is 1.82 bits per heavy atom. The summed E-state index contributed by atoms with van der Waals surface area (Å²) in [5.41, 5.74) is 0. The van der Waals surface area contributed by atoms with Gasteiger partial charge in [-0.1, -0.05) is 6.92 Å². The molecule has 0 radical (unpaired) electrons. The Morgan fingerprint density at radius 3 is 2.29 bits per heavy atom. The summed E-state index contributed by atoms with van der Waals surface area (Å²) < 4.78 is 5.03. The third-order valence-corrected chi connectivity index (χ3v) is 2.92. The first-order valence-electron chi connectivity index (χ1n) is 5.45. The van der Waals surface area contributed by atoms with E-state index in [2.05, 4.69) is 0 Å². The van der Waals surface area contributed by atoms with Crippen LogP contribution in [0.1, 0.15) is 13.3 Å². The van der Waals surface area contributed by atoms with Gasteiger partial charge in [-0.25, -0.2) is 0 Å². The van der Waals surface area contributed by atoms with Gasteiger partial charge >= 0.3 is 0 Å². The summed E-state index contributed by atoms with van der Waals surface area (Å²) >= 11 is 0. The third-order valence-electron chi connectivity index (χ3n) is 2.92. The van der Waals surface area contributed by atoms with Gasteiger partial charge in [0.25, 0.3) is 0 Å². The van der Waals surface area contributed by atoms with Crippen LogP contribution in [0.25, 0.3) is 0 Å². The third kappa shape index (κ3) is 2.82. The quantitative estimate of drug-likeness (QED) is 0.364. The van der Waals surface area contributed by atoms with Gasteiger partial charge in [-0.3, -0.25) is 4.79 Å². The average Bonchev–Trinajstić information content (AvgIpc) is 2.34. The highest BCUT2D eigenvalue weighted by Gasteiger charge is 2.47. The largest absolute Gasteiger partial charge is 0.394 e. The van der Waals surface area contributed by atoms with E-state index in [0.29, 0.717) is 0 Å². The second-order valence-electron chi connectivity index (χ2n) is 4.06. The van der Waals surface area contributed by atoms with Gasteiger partial charge in [0.1, 0.15) is 36.6 Å². The maximum absolute atomic E-state index is 11.3. The van der Waals surface area contributed by atoms with E-state index in [1.54, 1.807) is 0 Å². The zero-order valence-corrected chi connectivity index (χ0v) is 9.43. The molecule has 0 aromatic rings. The van der Waals surface area contributed by atoms with E-state index in [0.717, 1.165) is 0 Å². The molecule has 0 spiro atoms. The van der Waals surface area contributed by atoms with Crippen LogP contribution in [0, 0.1) is 0 Å². The zero-order valence-electron chi connectivity index (χ0n) is 9.43. The van der Waals surface area contributed by atoms with Crippen molar-refractivity contribution in [3.8, 4) is 0 Å². The summed E-state index contributed by atoms with van der Waals surface area (Å²) in [7, 11) is 0. The first kappa shape index (κ1) is 14.5. The molecule has 2 unspecified atom stereocenters. The molecule has 100 valence electrons. The Morgan fingerprint density at radius 1 is 1.24 bits per heavy atom. The molecule has 1 aliphatic heterocycles. The first-order chi connectivity index (χ1) is 7.93. The van der Waals surface area contributed by atoms with E-state index in [1.807, 2.05) is 0 Å². The van der Waals surface area contributed by atoms with Crippen molar-refractivity contribution in [2.45, 2.75) is 50.0 Å². The minimum atomic E-state index is -1.59. The Labute approximate surface area is 98.3 Å². The number of rotatable bonds is 4. The van der Waals surface area contributed by atoms with Crippen molar-refractivity contribution >= 4 is 5.78 Å². The van der Waals surface area contributed by atoms with E-state index in [9.17, 15) is 25.2 Å². The fourth-order valence-electron chi connectivity index (χ4n) is 1.78. The Bertz CT molecular complexity index is 267. The molecule has 1 saturated heterocycles. The van der Waals surface area contributed by atoms with Gasteiger partial charge in [-0.2, -0.15) is 0 Å². The van der Waals surface area contributed by atoms with Crippen molar-refractivity contribution < 1.29 is 35.1 Å². The molecule has 0 bridgehead atoms. The lowest BCUT2D eigenvalue weighted by Crippen LogP contribution is -2.62. The minimum Gasteiger partial charge on any atom is -0.394 e. The molecule has 1 heterocycles. The summed E-state index contributed by atoms with van der Waals surface area (Å²) in [4.78, 5) is 11.3. The Hall–Kier alpha value is -0.570. The summed E-state index contributed by atoms with van der Waals surface area (Å²) in [5, 5.41) is 47.1. The van der Waals surface area contributed by atoms with Gasteiger partial charge in [-0.15, -0.1) is 0 Å². The molecule has 7 nitrogen and oxygen atoms in total. The standard InChI is InChI=1S/C10H18O7/c1-2-4(12)6(13)10-9(16)8(15)7(14)5(3-11)17-10/h5-11,13-16H,2-3H2,1H3/t5-,6?,7+,8+,9-,10?/m1/s1. The monoisotopic (exact) mass is 250 g/mol. The van der Waals surface area contributed by atoms with Crippen LogP contribution >= 0.6 is 0 Å². The fourth-order valence-corrected chi connectivity index (χ4v) is 1.78. The van der Waals surface area contributed by atoms with E-state index in [-0.39, 0.29) is 6.42 Å². The highest BCUT2D eigenvalue weighted by Crippen LogP contribution is 2.23. The molecular weight excluding hydrogens is 232 g/mol. The number of Topliss-reactive ketones (excluding diaryl/α,β-unsaturated/α-hetero) is 1. The van der Waals surface area contributed by atoms with E-state index in [1.165, 1.54) is 6.92 Å². The minimum absolute atomic E-state index is 0.0518. The molecule has 0 aliphatic carbocycles. The number of carbonyl (C=O) groups excluding carboxylic acids is 1. The molecule has 6 atom stereocenters. The smallest absolute Gasteiger partial charge is 0.163 e. The Balaban J connectivity index is 2.81. The summed E-state index contributed by atoms with van der Waals surface area (Å²) in [6.45, 7) is 0.948. The van der Waals surface area contributed by atoms with Crippen LogP contribution in [0.3, 0.4) is 0 Å². The number of hydrogen-bond acceptors (Lipinski definition) is 7. The van der Waals surface area contributed by atoms with E-state index < -0.39 is 49.0 Å². The van der Waals surface area contributed by atoms with Gasteiger partial charge in [0, 0.05) is 6.42 Å². The fraction of sp³-hybridized carbons (Fsp3) is 0.900. The maximum Gasteiger partial charge on any atom is 0.163 e. The maximum atomic E-state index is 11.3. The normalized spacial score (nSPS) is 40.0. The molecule has 7 heteroatoms. The Kier molecular flexibility index (Phi) is 4.99. The molecule has 0 aromatic carbocycles. The number of aliphatic hydroxyl groups is 5. The van der Waals surface area contributed by atoms with Gasteiger partial charge in [0.15, 0.2) is 5.78 Å². The number of ether oxygens (including phenoxy) is 1. The molecule has 17 heavy (non-hydrogen) atoms. The van der Waals surface area contributed by atoms with Gasteiger partial charge in [-0.05, 0) is 0 Å². The van der Waals surface area contributed by atoms with Crippen LogP contribution in [-0.4, -0.2) is 74.5 Å². The number of hydrogen-bond donors (Lipinski definition) is 5. The van der Waals surface area contributed by atoms with E-state index >= 15 is 0 Å². The highest BCUT2D eigenvalue weighted by atomic mass is 16.6. The lowest BCUT2D eigenvalue weighted by atomic mass is 9.90. The molecule has 0 saturated carbocycles. The topological polar surface area (TPSA) is 127 Å². The van der Waals surface area contributed by atoms with Crippen LogP contribution < -0.4 is 0 Å². The van der Waals surface area contributed by atoms with E-state index in [4.69, 9.17) is 9.84 Å². The molecule has 1 rings (SSSR count). The van der Waals surface area contributed by atoms with Crippen LogP contribution in [0.5, 0.6) is 0 Å². The second kappa shape index (κ2) is 5.85. The molecule has 1 aliphatic rings. The van der Waals surface area contributed by atoms with Crippen molar-refractivity contribution in [1.82, 2.24) is 0 Å². The lowest BCUT2D eigenvalue weighted by molar-refractivity contribution is -0.246. The zero-order chi connectivity index (χ0) is 13.2. The van der Waals surface area contributed by atoms with Crippen molar-refractivity contribution in [2.75, 3.05) is 6.61 Å². The number of aliphatic hydroxyl groups excluding tert-OH is 5. The summed E-state index contributed by atoms with van der Waals surface area (Å²) in [6.07, 6.45) is -8.66. The predicted octanol–water partition coefficient (Wildman–Crippen LogP) is -2.83. The molecule has 0 amide bonds. The van der Waals surface area contributed by atoms with Crippen molar-refractivity contribution in [3.05, 3.63) is 0 Å². The van der Waals surface area contributed by atoms with Gasteiger partial charge < -0.3 is 30.3 Å².